The van der Waals surface area contributed by atoms with Crippen molar-refractivity contribution in [1.82, 2.24) is 9.80 Å². The number of benzene rings is 2. The first-order chi connectivity index (χ1) is 16.7. The molecular formula is C27H34N2O6. The number of likely N-dealkylation sites (N-methyl/N-ethyl adjacent to an activating group) is 1. The van der Waals surface area contributed by atoms with Gasteiger partial charge < -0.3 is 29.1 Å². The normalized spacial score (nSPS) is 17.4. The van der Waals surface area contributed by atoms with E-state index >= 15 is 0 Å². The Kier molecular flexibility index (Phi) is 8.40. The maximum Gasteiger partial charge on any atom is 0.295 e. The van der Waals surface area contributed by atoms with Crippen LogP contribution < -0.4 is 14.2 Å². The van der Waals surface area contributed by atoms with Gasteiger partial charge in [-0.3, -0.25) is 9.59 Å². The zero-order chi connectivity index (χ0) is 25.7. The Bertz CT molecular complexity index is 1090. The number of methoxy groups -OCH3 is 2. The van der Waals surface area contributed by atoms with Crippen molar-refractivity contribution in [3.05, 3.63) is 59.2 Å². The first kappa shape index (κ1) is 26.1. The largest absolute Gasteiger partial charge is 0.507 e. The Morgan fingerprint density at radius 2 is 1.69 bits per heavy atom. The number of ether oxygens (including phenoxy) is 3. The molecule has 0 aliphatic carbocycles. The monoisotopic (exact) mass is 482 g/mol. The molecule has 1 N–H and O–H groups in total. The predicted octanol–water partition coefficient (Wildman–Crippen LogP) is 3.72. The molecule has 0 saturated carbocycles. The number of hydrogen-bond acceptors (Lipinski definition) is 7. The number of hydrogen-bond donors (Lipinski definition) is 1. The van der Waals surface area contributed by atoms with Crippen LogP contribution in [0.2, 0.25) is 0 Å². The average Bonchev–Trinajstić information content (AvgIpc) is 3.10. The summed E-state index contributed by atoms with van der Waals surface area (Å²) >= 11 is 0. The molecule has 0 spiro atoms. The molecule has 35 heavy (non-hydrogen) atoms. The quantitative estimate of drug-likeness (QED) is 0.314. The summed E-state index contributed by atoms with van der Waals surface area (Å²) in [5.74, 6) is 0.408. The fraction of sp³-hybridized carbons (Fsp3) is 0.407. The van der Waals surface area contributed by atoms with Crippen molar-refractivity contribution in [3.63, 3.8) is 0 Å². The lowest BCUT2D eigenvalue weighted by atomic mass is 9.94. The Balaban J connectivity index is 2.12. The van der Waals surface area contributed by atoms with Crippen LogP contribution in [0, 0.1) is 5.92 Å². The third kappa shape index (κ3) is 5.77. The van der Waals surface area contributed by atoms with Gasteiger partial charge in [-0.15, -0.1) is 0 Å². The van der Waals surface area contributed by atoms with Gasteiger partial charge in [-0.25, -0.2) is 0 Å². The Hall–Kier alpha value is -3.52. The minimum Gasteiger partial charge on any atom is -0.507 e. The van der Waals surface area contributed by atoms with Gasteiger partial charge in [0, 0.05) is 24.2 Å². The molecule has 188 valence electrons. The van der Waals surface area contributed by atoms with Gasteiger partial charge in [0.15, 0.2) is 0 Å². The lowest BCUT2D eigenvalue weighted by molar-refractivity contribution is -0.140. The van der Waals surface area contributed by atoms with Gasteiger partial charge in [0.25, 0.3) is 11.7 Å². The summed E-state index contributed by atoms with van der Waals surface area (Å²) in [6.45, 7) is 5.52. The Morgan fingerprint density at radius 3 is 2.26 bits per heavy atom. The van der Waals surface area contributed by atoms with E-state index in [2.05, 4.69) is 13.8 Å². The van der Waals surface area contributed by atoms with Crippen LogP contribution in [0.25, 0.3) is 5.76 Å². The number of amides is 1. The van der Waals surface area contributed by atoms with Gasteiger partial charge in [0.1, 0.15) is 23.0 Å². The van der Waals surface area contributed by atoms with Crippen molar-refractivity contribution in [2.75, 3.05) is 48.0 Å². The summed E-state index contributed by atoms with van der Waals surface area (Å²) in [4.78, 5) is 29.8. The molecule has 8 nitrogen and oxygen atoms in total. The van der Waals surface area contributed by atoms with Gasteiger partial charge in [-0.05, 0) is 62.5 Å². The summed E-state index contributed by atoms with van der Waals surface area (Å²) < 4.78 is 16.7. The molecule has 1 heterocycles. The van der Waals surface area contributed by atoms with E-state index in [-0.39, 0.29) is 11.3 Å². The molecule has 1 unspecified atom stereocenters. The van der Waals surface area contributed by atoms with Gasteiger partial charge in [0.05, 0.1) is 32.4 Å². The zero-order valence-corrected chi connectivity index (χ0v) is 21.2. The van der Waals surface area contributed by atoms with Crippen LogP contribution in [0.1, 0.15) is 31.0 Å². The third-order valence-electron chi connectivity index (χ3n) is 5.77. The molecule has 0 aromatic heterocycles. The SMILES string of the molecule is COc1ccc(OC)c(C2/C(=C(\O)c3ccc(OCC(C)C)cc3)C(=O)C(=O)N2CCN(C)C)c1. The first-order valence-corrected chi connectivity index (χ1v) is 11.6. The van der Waals surface area contributed by atoms with Crippen LogP contribution in [-0.4, -0.2) is 74.6 Å². The van der Waals surface area contributed by atoms with Crippen LogP contribution in [0.3, 0.4) is 0 Å². The Morgan fingerprint density at radius 1 is 1.03 bits per heavy atom. The van der Waals surface area contributed by atoms with Crippen molar-refractivity contribution in [2.24, 2.45) is 5.92 Å². The molecule has 8 heteroatoms. The molecule has 2 aromatic carbocycles. The first-order valence-electron chi connectivity index (χ1n) is 11.6. The lowest BCUT2D eigenvalue weighted by Crippen LogP contribution is -2.35. The summed E-state index contributed by atoms with van der Waals surface area (Å²) in [6.07, 6.45) is 0. The molecular weight excluding hydrogens is 448 g/mol. The minimum absolute atomic E-state index is 0.0103. The number of likely N-dealkylation sites (tertiary alicyclic amines) is 1. The second-order valence-corrected chi connectivity index (χ2v) is 9.13. The van der Waals surface area contributed by atoms with Gasteiger partial charge in [-0.1, -0.05) is 13.8 Å². The highest BCUT2D eigenvalue weighted by Gasteiger charge is 2.47. The molecule has 0 bridgehead atoms. The molecule has 2 aromatic rings. The lowest BCUT2D eigenvalue weighted by Gasteiger charge is -2.28. The smallest absolute Gasteiger partial charge is 0.295 e. The van der Waals surface area contributed by atoms with E-state index in [9.17, 15) is 14.7 Å². The Labute approximate surface area is 206 Å². The highest BCUT2D eigenvalue weighted by Crippen LogP contribution is 2.43. The zero-order valence-electron chi connectivity index (χ0n) is 21.2. The van der Waals surface area contributed by atoms with Gasteiger partial charge in [-0.2, -0.15) is 0 Å². The maximum absolute atomic E-state index is 13.2. The number of aliphatic hydroxyl groups excluding tert-OH is 1. The number of ketones is 1. The fourth-order valence-corrected chi connectivity index (χ4v) is 3.92. The number of aliphatic hydroxyl groups is 1. The average molecular weight is 483 g/mol. The molecule has 1 fully saturated rings. The number of nitrogens with zero attached hydrogens (tertiary/aromatic N) is 2. The van der Waals surface area contributed by atoms with Crippen LogP contribution in [0.5, 0.6) is 17.2 Å². The number of carbonyl (C=O) groups is 2. The predicted molar refractivity (Wildman–Crippen MR) is 134 cm³/mol. The molecule has 1 amide bonds. The van der Waals surface area contributed by atoms with E-state index in [0.29, 0.717) is 54.0 Å². The van der Waals surface area contributed by atoms with Crippen molar-refractivity contribution in [2.45, 2.75) is 19.9 Å². The van der Waals surface area contributed by atoms with Crippen molar-refractivity contribution in [3.8, 4) is 17.2 Å². The van der Waals surface area contributed by atoms with Crippen molar-refractivity contribution < 1.29 is 28.9 Å². The van der Waals surface area contributed by atoms with E-state index in [1.54, 1.807) is 42.5 Å². The van der Waals surface area contributed by atoms with Gasteiger partial charge in [0.2, 0.25) is 0 Å². The van der Waals surface area contributed by atoms with Crippen LogP contribution in [-0.2, 0) is 9.59 Å². The van der Waals surface area contributed by atoms with Crippen LogP contribution in [0.15, 0.2) is 48.0 Å². The van der Waals surface area contributed by atoms with Gasteiger partial charge >= 0.3 is 0 Å². The van der Waals surface area contributed by atoms with E-state index in [0.717, 1.165) is 0 Å². The number of Topliss-reactive ketones (excluding diaryl/α,β-unsaturated/α-hetero) is 1. The molecule has 3 rings (SSSR count). The van der Waals surface area contributed by atoms with Crippen molar-refractivity contribution in [1.29, 1.82) is 0 Å². The molecule has 1 atom stereocenters. The fourth-order valence-electron chi connectivity index (χ4n) is 3.92. The highest BCUT2D eigenvalue weighted by molar-refractivity contribution is 6.46. The molecule has 1 aliphatic rings. The summed E-state index contributed by atoms with van der Waals surface area (Å²) in [5, 5.41) is 11.3. The summed E-state index contributed by atoms with van der Waals surface area (Å²) in [6, 6.07) is 11.2. The maximum atomic E-state index is 13.2. The summed E-state index contributed by atoms with van der Waals surface area (Å²) in [7, 11) is 6.84. The second-order valence-electron chi connectivity index (χ2n) is 9.13. The van der Waals surface area contributed by atoms with Crippen LogP contribution in [0.4, 0.5) is 0 Å². The van der Waals surface area contributed by atoms with Crippen molar-refractivity contribution >= 4 is 17.4 Å². The molecule has 1 aliphatic heterocycles. The third-order valence-corrected chi connectivity index (χ3v) is 5.77. The standard InChI is InChI=1S/C27H34N2O6/c1-17(2)16-35-19-9-7-18(8-10-19)25(30)23-24(21-15-20(33-5)11-12-22(21)34-6)29(14-13-28(3)4)27(32)26(23)31/h7-12,15,17,24,30H,13-14,16H2,1-6H3/b25-23+. The second kappa shape index (κ2) is 11.3. The molecule has 1 saturated heterocycles. The van der Waals surface area contributed by atoms with E-state index in [1.165, 1.54) is 19.1 Å². The van der Waals surface area contributed by atoms with Crippen LogP contribution >= 0.6 is 0 Å². The topological polar surface area (TPSA) is 88.5 Å². The number of carbonyl (C=O) groups excluding carboxylic acids is 2. The minimum atomic E-state index is -0.836. The number of rotatable bonds is 10. The van der Waals surface area contributed by atoms with E-state index < -0.39 is 17.7 Å². The van der Waals surface area contributed by atoms with E-state index in [4.69, 9.17) is 14.2 Å². The highest BCUT2D eigenvalue weighted by atomic mass is 16.5. The molecule has 0 radical (unpaired) electrons. The summed E-state index contributed by atoms with van der Waals surface area (Å²) in [5.41, 5.74) is 0.985. The van der Waals surface area contributed by atoms with E-state index in [1.807, 2.05) is 19.0 Å².